The SMILES string of the molecule is CCOC(=O)c1c(-c2cccs2)c(C#N)c2n(nc(SCC)[n+]2CC)c1N. The standard InChI is InChI=1S/C18H19N5O2S2/c1-4-22-16-11(10-19)13(12-8-7-9-27-12)14(17(24)25-5-2)15(20)23(16)21-18(22)26-6-3/h7-9,20H,4-6H2,1-3H3/p+1. The van der Waals surface area contributed by atoms with Crippen molar-refractivity contribution in [2.45, 2.75) is 32.5 Å². The summed E-state index contributed by atoms with van der Waals surface area (Å²) < 4.78 is 8.67. The Bertz CT molecular complexity index is 1030. The number of carbonyl (C=O) groups excluding carboxylic acids is 1. The smallest absolute Gasteiger partial charge is 0.344 e. The molecule has 0 saturated carbocycles. The van der Waals surface area contributed by atoms with Crippen LogP contribution in [0.15, 0.2) is 22.7 Å². The summed E-state index contributed by atoms with van der Waals surface area (Å²) in [6.45, 7) is 6.60. The fraction of sp³-hybridized carbons (Fsp3) is 0.333. The van der Waals surface area contributed by atoms with E-state index in [1.807, 2.05) is 35.9 Å². The average Bonchev–Trinajstić information content (AvgIpc) is 3.30. The first-order valence-corrected chi connectivity index (χ1v) is 10.5. The van der Waals surface area contributed by atoms with E-state index in [1.165, 1.54) is 15.9 Å². The van der Waals surface area contributed by atoms with Crippen molar-refractivity contribution in [3.05, 3.63) is 28.6 Å². The molecule has 7 nitrogen and oxygen atoms in total. The number of hydrogen-bond acceptors (Lipinski definition) is 7. The number of fused-ring (bicyclic) bond motifs is 1. The number of aryl methyl sites for hydroxylation is 1. The van der Waals surface area contributed by atoms with E-state index in [4.69, 9.17) is 10.5 Å². The van der Waals surface area contributed by atoms with Crippen LogP contribution in [0.4, 0.5) is 5.82 Å². The molecule has 0 amide bonds. The predicted molar refractivity (Wildman–Crippen MR) is 106 cm³/mol. The topological polar surface area (TPSA) is 97.3 Å². The van der Waals surface area contributed by atoms with Crippen molar-refractivity contribution in [3.8, 4) is 16.5 Å². The first-order valence-electron chi connectivity index (χ1n) is 8.60. The van der Waals surface area contributed by atoms with Crippen molar-refractivity contribution in [1.82, 2.24) is 9.61 Å². The zero-order chi connectivity index (χ0) is 19.6. The summed E-state index contributed by atoms with van der Waals surface area (Å²) in [5.41, 5.74) is 8.03. The summed E-state index contributed by atoms with van der Waals surface area (Å²) >= 11 is 3.00. The number of nitrogens with zero attached hydrogens (tertiary/aromatic N) is 4. The molecule has 0 aliphatic carbocycles. The molecule has 0 aliphatic heterocycles. The first kappa shape index (κ1) is 19.2. The number of thioether (sulfide) groups is 1. The van der Waals surface area contributed by atoms with Gasteiger partial charge < -0.3 is 10.5 Å². The monoisotopic (exact) mass is 402 g/mol. The van der Waals surface area contributed by atoms with Crippen LogP contribution in [0.3, 0.4) is 0 Å². The van der Waals surface area contributed by atoms with Crippen LogP contribution in [-0.4, -0.2) is 27.9 Å². The Morgan fingerprint density at radius 3 is 2.81 bits per heavy atom. The molecule has 0 atom stereocenters. The van der Waals surface area contributed by atoms with Gasteiger partial charge in [-0.2, -0.15) is 5.26 Å². The number of hydrogen-bond donors (Lipinski definition) is 1. The molecule has 0 bridgehead atoms. The van der Waals surface area contributed by atoms with Crippen molar-refractivity contribution in [2.75, 3.05) is 18.1 Å². The molecule has 0 unspecified atom stereocenters. The van der Waals surface area contributed by atoms with E-state index in [1.54, 1.807) is 18.7 Å². The Labute approximate surface area is 165 Å². The molecule has 3 rings (SSSR count). The minimum Gasteiger partial charge on any atom is -0.462 e. The number of esters is 1. The predicted octanol–water partition coefficient (Wildman–Crippen LogP) is 3.11. The molecule has 27 heavy (non-hydrogen) atoms. The van der Waals surface area contributed by atoms with E-state index in [2.05, 4.69) is 11.2 Å². The van der Waals surface area contributed by atoms with E-state index in [0.717, 1.165) is 15.8 Å². The van der Waals surface area contributed by atoms with Gasteiger partial charge in [0.05, 0.1) is 18.3 Å². The van der Waals surface area contributed by atoms with Gasteiger partial charge in [-0.15, -0.1) is 11.3 Å². The maximum atomic E-state index is 12.7. The second-order valence-electron chi connectivity index (χ2n) is 5.52. The van der Waals surface area contributed by atoms with Crippen molar-refractivity contribution >= 4 is 40.5 Å². The lowest BCUT2D eigenvalue weighted by Crippen LogP contribution is -2.35. The third kappa shape index (κ3) is 3.15. The van der Waals surface area contributed by atoms with Gasteiger partial charge in [0.1, 0.15) is 17.2 Å². The summed E-state index contributed by atoms with van der Waals surface area (Å²) in [6, 6.07) is 6.02. The van der Waals surface area contributed by atoms with Crippen LogP contribution in [0, 0.1) is 11.3 Å². The van der Waals surface area contributed by atoms with Gasteiger partial charge >= 0.3 is 11.1 Å². The highest BCUT2D eigenvalue weighted by Crippen LogP contribution is 2.36. The van der Waals surface area contributed by atoms with Crippen LogP contribution < -0.4 is 10.3 Å². The Morgan fingerprint density at radius 1 is 1.48 bits per heavy atom. The lowest BCUT2D eigenvalue weighted by molar-refractivity contribution is -0.706. The summed E-state index contributed by atoms with van der Waals surface area (Å²) in [4.78, 5) is 13.5. The fourth-order valence-corrected chi connectivity index (χ4v) is 4.53. The highest BCUT2D eigenvalue weighted by atomic mass is 32.2. The van der Waals surface area contributed by atoms with Gasteiger partial charge in [0.2, 0.25) is 5.82 Å². The molecule has 0 saturated heterocycles. The molecule has 0 aliphatic rings. The van der Waals surface area contributed by atoms with Gasteiger partial charge in [0.15, 0.2) is 0 Å². The normalized spacial score (nSPS) is 10.9. The van der Waals surface area contributed by atoms with Crippen LogP contribution >= 0.6 is 23.1 Å². The largest absolute Gasteiger partial charge is 0.462 e. The zero-order valence-corrected chi connectivity index (χ0v) is 17.0. The molecule has 3 heterocycles. The van der Waals surface area contributed by atoms with E-state index in [9.17, 15) is 10.1 Å². The second kappa shape index (κ2) is 7.98. The van der Waals surface area contributed by atoms with Crippen molar-refractivity contribution in [1.29, 1.82) is 5.26 Å². The maximum absolute atomic E-state index is 12.7. The van der Waals surface area contributed by atoms with E-state index >= 15 is 0 Å². The number of aromatic nitrogens is 3. The minimum absolute atomic E-state index is 0.177. The van der Waals surface area contributed by atoms with Crippen LogP contribution in [0.2, 0.25) is 0 Å². The average molecular weight is 403 g/mol. The number of carbonyl (C=O) groups is 1. The highest BCUT2D eigenvalue weighted by molar-refractivity contribution is 7.99. The van der Waals surface area contributed by atoms with Crippen LogP contribution in [-0.2, 0) is 11.3 Å². The molecule has 2 N–H and O–H groups in total. The second-order valence-corrected chi connectivity index (χ2v) is 7.69. The summed E-state index contributed by atoms with van der Waals surface area (Å²) in [7, 11) is 0. The molecule has 140 valence electrons. The van der Waals surface area contributed by atoms with Crippen molar-refractivity contribution in [2.24, 2.45) is 0 Å². The fourth-order valence-electron chi connectivity index (χ4n) is 2.98. The summed E-state index contributed by atoms with van der Waals surface area (Å²) in [5.74, 6) is 0.449. The van der Waals surface area contributed by atoms with Gasteiger partial charge in [-0.05, 0) is 37.1 Å². The molecular formula is C18H20N5O2S2+. The number of nitrogen functional groups attached to an aromatic ring is 1. The van der Waals surface area contributed by atoms with Crippen molar-refractivity contribution in [3.63, 3.8) is 0 Å². The number of ether oxygens (including phenoxy) is 1. The van der Waals surface area contributed by atoms with Crippen LogP contribution in [0.1, 0.15) is 36.7 Å². The number of nitriles is 1. The highest BCUT2D eigenvalue weighted by Gasteiger charge is 2.34. The molecule has 9 heteroatoms. The third-order valence-electron chi connectivity index (χ3n) is 4.03. The molecule has 0 spiro atoms. The van der Waals surface area contributed by atoms with E-state index < -0.39 is 5.97 Å². The van der Waals surface area contributed by atoms with Gasteiger partial charge in [-0.25, -0.2) is 9.36 Å². The third-order valence-corrected chi connectivity index (χ3v) is 5.77. The number of rotatable bonds is 6. The quantitative estimate of drug-likeness (QED) is 0.386. The Morgan fingerprint density at radius 2 is 2.26 bits per heavy atom. The number of nitrogens with two attached hydrogens (primary N) is 1. The van der Waals surface area contributed by atoms with Crippen LogP contribution in [0.5, 0.6) is 0 Å². The lowest BCUT2D eigenvalue weighted by Gasteiger charge is -2.11. The number of pyridine rings is 1. The van der Waals surface area contributed by atoms with E-state index in [0.29, 0.717) is 23.3 Å². The number of thiophene rings is 1. The molecular weight excluding hydrogens is 382 g/mol. The Kier molecular flexibility index (Phi) is 5.68. The molecule has 3 aromatic heterocycles. The summed E-state index contributed by atoms with van der Waals surface area (Å²) in [6.07, 6.45) is 0. The van der Waals surface area contributed by atoms with Crippen LogP contribution in [0.25, 0.3) is 16.1 Å². The van der Waals surface area contributed by atoms with Crippen molar-refractivity contribution < 1.29 is 14.1 Å². The Hall–Kier alpha value is -2.57. The van der Waals surface area contributed by atoms with Gasteiger partial charge in [-0.3, -0.25) is 0 Å². The molecule has 0 aromatic carbocycles. The Balaban J connectivity index is 2.50. The minimum atomic E-state index is -0.556. The van der Waals surface area contributed by atoms with E-state index in [-0.39, 0.29) is 18.0 Å². The first-order chi connectivity index (χ1) is 13.1. The zero-order valence-electron chi connectivity index (χ0n) is 15.4. The van der Waals surface area contributed by atoms with Gasteiger partial charge in [0.25, 0.3) is 5.65 Å². The van der Waals surface area contributed by atoms with Gasteiger partial charge in [-0.1, -0.05) is 17.5 Å². The maximum Gasteiger partial charge on any atom is 0.344 e. The summed E-state index contributed by atoms with van der Waals surface area (Å²) in [5, 5.41) is 17.2. The molecule has 0 radical (unpaired) electrons. The molecule has 0 fully saturated rings. The number of anilines is 1. The molecule has 3 aromatic rings. The van der Waals surface area contributed by atoms with Gasteiger partial charge in [0, 0.05) is 16.2 Å². The lowest BCUT2D eigenvalue weighted by atomic mass is 10.0.